The van der Waals surface area contributed by atoms with E-state index >= 15 is 0 Å². The molecule has 2 aliphatic rings. The predicted octanol–water partition coefficient (Wildman–Crippen LogP) is 3.88. The second-order valence-electron chi connectivity index (χ2n) is 12.4. The summed E-state index contributed by atoms with van der Waals surface area (Å²) in [5.41, 5.74) is 11.1. The Kier molecular flexibility index (Phi) is 7.49. The number of hydrogen-bond acceptors (Lipinski definition) is 5. The Morgan fingerprint density at radius 3 is 2.47 bits per heavy atom. The lowest BCUT2D eigenvalue weighted by Gasteiger charge is -2.33. The summed E-state index contributed by atoms with van der Waals surface area (Å²) in [6.45, 7) is 14.8. The van der Waals surface area contributed by atoms with Gasteiger partial charge < -0.3 is 25.6 Å². The smallest absolute Gasteiger partial charge is 0.251 e. The standard InChI is InChI=1S/C30H42N4O4/c1-16(2)27(36)29(38)33-11-10-23-18(4)26-24(13-30(6,7)14-25(26)35)34(23)20-8-9-21(28(31)37)22(12-20)32-19(5)17(3)15-33/h8-9,12,16-17,19,27,32,36H,10-11,13-15H2,1-7H3,(H2,31,37)/t17-,19+,27+/m1/s1. The van der Waals surface area contributed by atoms with Crippen LogP contribution in [-0.2, 0) is 17.6 Å². The van der Waals surface area contributed by atoms with E-state index < -0.39 is 12.0 Å². The van der Waals surface area contributed by atoms with Crippen molar-refractivity contribution in [2.75, 3.05) is 18.4 Å². The van der Waals surface area contributed by atoms with Crippen LogP contribution in [0.15, 0.2) is 18.2 Å². The predicted molar refractivity (Wildman–Crippen MR) is 149 cm³/mol. The number of amides is 2. The Balaban J connectivity index is 1.93. The maximum Gasteiger partial charge on any atom is 0.251 e. The van der Waals surface area contributed by atoms with Gasteiger partial charge in [0.2, 0.25) is 0 Å². The molecule has 1 aliphatic carbocycles. The van der Waals surface area contributed by atoms with E-state index in [1.165, 1.54) is 0 Å². The number of Topliss-reactive ketones (excluding diaryl/α,β-unsaturated/α-hetero) is 1. The Labute approximate surface area is 225 Å². The van der Waals surface area contributed by atoms with E-state index in [2.05, 4.69) is 23.7 Å². The minimum absolute atomic E-state index is 0.0191. The minimum atomic E-state index is -1.09. The third-order valence-corrected chi connectivity index (χ3v) is 8.29. The largest absolute Gasteiger partial charge is 0.383 e. The van der Waals surface area contributed by atoms with Crippen LogP contribution < -0.4 is 11.1 Å². The zero-order valence-corrected chi connectivity index (χ0v) is 23.7. The number of aliphatic hydroxyl groups is 1. The van der Waals surface area contributed by atoms with Crippen LogP contribution in [-0.4, -0.2) is 57.4 Å². The van der Waals surface area contributed by atoms with Crippen LogP contribution in [0.2, 0.25) is 0 Å². The molecule has 0 unspecified atom stereocenters. The molecule has 3 atom stereocenters. The zero-order valence-electron chi connectivity index (χ0n) is 23.7. The number of aromatic nitrogens is 1. The number of primary amides is 1. The number of nitrogens with one attached hydrogen (secondary N) is 1. The Morgan fingerprint density at radius 2 is 1.84 bits per heavy atom. The molecule has 1 aromatic carbocycles. The molecule has 4 rings (SSSR count). The van der Waals surface area contributed by atoms with Crippen molar-refractivity contribution in [1.82, 2.24) is 9.47 Å². The topological polar surface area (TPSA) is 118 Å². The van der Waals surface area contributed by atoms with Crippen molar-refractivity contribution in [2.24, 2.45) is 23.0 Å². The number of anilines is 1. The number of aliphatic hydroxyl groups excluding tert-OH is 1. The zero-order chi connectivity index (χ0) is 28.1. The quantitative estimate of drug-likeness (QED) is 0.566. The first-order chi connectivity index (χ1) is 17.7. The molecule has 206 valence electrons. The Bertz CT molecular complexity index is 1280. The molecular formula is C30H42N4O4. The molecule has 2 amide bonds. The Morgan fingerprint density at radius 1 is 1.16 bits per heavy atom. The van der Waals surface area contributed by atoms with Gasteiger partial charge in [-0.15, -0.1) is 0 Å². The van der Waals surface area contributed by atoms with Gasteiger partial charge >= 0.3 is 0 Å². The highest BCUT2D eigenvalue weighted by Gasteiger charge is 2.37. The van der Waals surface area contributed by atoms with Gasteiger partial charge in [0.1, 0.15) is 6.10 Å². The molecule has 0 spiro atoms. The molecule has 0 radical (unpaired) electrons. The van der Waals surface area contributed by atoms with Gasteiger partial charge in [-0.2, -0.15) is 0 Å². The van der Waals surface area contributed by atoms with Crippen LogP contribution in [0.25, 0.3) is 5.69 Å². The molecule has 0 fully saturated rings. The fourth-order valence-corrected chi connectivity index (χ4v) is 5.89. The average molecular weight is 523 g/mol. The molecule has 4 N–H and O–H groups in total. The fourth-order valence-electron chi connectivity index (χ4n) is 5.89. The summed E-state index contributed by atoms with van der Waals surface area (Å²) in [5.74, 6) is -0.859. The number of carbonyl (C=O) groups is 3. The number of nitrogens with two attached hydrogens (primary N) is 1. The van der Waals surface area contributed by atoms with Crippen molar-refractivity contribution in [3.63, 3.8) is 0 Å². The molecule has 1 aliphatic heterocycles. The van der Waals surface area contributed by atoms with Crippen molar-refractivity contribution in [3.05, 3.63) is 46.3 Å². The van der Waals surface area contributed by atoms with Gasteiger partial charge in [-0.1, -0.05) is 34.6 Å². The van der Waals surface area contributed by atoms with Gasteiger partial charge in [0.05, 0.1) is 5.56 Å². The number of fused-ring (bicyclic) bond motifs is 6. The summed E-state index contributed by atoms with van der Waals surface area (Å²) in [7, 11) is 0. The first-order valence-electron chi connectivity index (χ1n) is 13.7. The van der Waals surface area contributed by atoms with Gasteiger partial charge in [0, 0.05) is 60.3 Å². The van der Waals surface area contributed by atoms with E-state index in [1.54, 1.807) is 11.0 Å². The lowest BCUT2D eigenvalue weighted by Crippen LogP contribution is -2.46. The number of rotatable bonds is 3. The normalized spacial score (nSPS) is 22.0. The summed E-state index contributed by atoms with van der Waals surface area (Å²) in [6, 6.07) is 5.49. The van der Waals surface area contributed by atoms with Gasteiger partial charge in [-0.3, -0.25) is 14.4 Å². The van der Waals surface area contributed by atoms with Crippen molar-refractivity contribution >= 4 is 23.3 Å². The molecule has 0 saturated heterocycles. The van der Waals surface area contributed by atoms with E-state index in [1.807, 2.05) is 46.8 Å². The first kappa shape index (κ1) is 27.9. The summed E-state index contributed by atoms with van der Waals surface area (Å²) in [4.78, 5) is 40.8. The van der Waals surface area contributed by atoms with Crippen LogP contribution in [0.5, 0.6) is 0 Å². The number of carbonyl (C=O) groups excluding carboxylic acids is 3. The average Bonchev–Trinajstić information content (AvgIpc) is 3.09. The third-order valence-electron chi connectivity index (χ3n) is 8.29. The summed E-state index contributed by atoms with van der Waals surface area (Å²) >= 11 is 0. The van der Waals surface area contributed by atoms with Gasteiger partial charge in [0.25, 0.3) is 11.8 Å². The highest BCUT2D eigenvalue weighted by molar-refractivity contribution is 6.01. The van der Waals surface area contributed by atoms with Crippen molar-refractivity contribution in [1.29, 1.82) is 0 Å². The Hall–Kier alpha value is -3.13. The second-order valence-corrected chi connectivity index (χ2v) is 12.4. The van der Waals surface area contributed by atoms with E-state index in [0.717, 1.165) is 34.6 Å². The molecule has 38 heavy (non-hydrogen) atoms. The van der Waals surface area contributed by atoms with Crippen molar-refractivity contribution in [2.45, 2.75) is 79.9 Å². The summed E-state index contributed by atoms with van der Waals surface area (Å²) in [6.07, 6.45) is 0.663. The van der Waals surface area contributed by atoms with Crippen LogP contribution in [0, 0.1) is 24.2 Å². The highest BCUT2D eigenvalue weighted by atomic mass is 16.3. The number of nitrogens with zero attached hydrogens (tertiary/aromatic N) is 2. The number of hydrogen-bond donors (Lipinski definition) is 3. The van der Waals surface area contributed by atoms with Crippen LogP contribution in [0.3, 0.4) is 0 Å². The molecule has 2 bridgehead atoms. The lowest BCUT2D eigenvalue weighted by molar-refractivity contribution is -0.143. The van der Waals surface area contributed by atoms with E-state index in [9.17, 15) is 19.5 Å². The molecule has 2 heterocycles. The van der Waals surface area contributed by atoms with E-state index in [4.69, 9.17) is 5.73 Å². The SMILES string of the molecule is Cc1c2c(n3c1CCN(C(=O)[C@@H](O)C(C)C)C[C@@H](C)[C@H](C)Nc1cc-3ccc1C(N)=O)CC(C)(C)CC2=O. The van der Waals surface area contributed by atoms with Crippen molar-refractivity contribution < 1.29 is 19.5 Å². The van der Waals surface area contributed by atoms with Crippen LogP contribution in [0.4, 0.5) is 5.69 Å². The van der Waals surface area contributed by atoms with Gasteiger partial charge in [0.15, 0.2) is 5.78 Å². The van der Waals surface area contributed by atoms with E-state index in [-0.39, 0.29) is 35.0 Å². The van der Waals surface area contributed by atoms with Gasteiger partial charge in [-0.05, 0) is 61.3 Å². The first-order valence-corrected chi connectivity index (χ1v) is 13.7. The molecule has 8 nitrogen and oxygen atoms in total. The molecule has 0 saturated carbocycles. The second kappa shape index (κ2) is 10.2. The maximum absolute atomic E-state index is 13.4. The molecule has 8 heteroatoms. The molecule has 2 aromatic rings. The summed E-state index contributed by atoms with van der Waals surface area (Å²) < 4.78 is 2.15. The molecule has 1 aromatic heterocycles. The maximum atomic E-state index is 13.4. The number of ketones is 1. The van der Waals surface area contributed by atoms with Crippen LogP contribution >= 0.6 is 0 Å². The lowest BCUT2D eigenvalue weighted by atomic mass is 9.75. The third kappa shape index (κ3) is 5.10. The fraction of sp³-hybridized carbons (Fsp3) is 0.567. The molecular weight excluding hydrogens is 480 g/mol. The highest BCUT2D eigenvalue weighted by Crippen LogP contribution is 2.40. The van der Waals surface area contributed by atoms with Gasteiger partial charge in [-0.25, -0.2) is 0 Å². The van der Waals surface area contributed by atoms with Crippen LogP contribution in [0.1, 0.15) is 85.6 Å². The number of benzene rings is 1. The monoisotopic (exact) mass is 522 g/mol. The van der Waals surface area contributed by atoms with Crippen molar-refractivity contribution in [3.8, 4) is 5.69 Å². The van der Waals surface area contributed by atoms with E-state index in [0.29, 0.717) is 37.2 Å². The minimum Gasteiger partial charge on any atom is -0.383 e. The summed E-state index contributed by atoms with van der Waals surface area (Å²) in [5, 5.41) is 14.1.